The van der Waals surface area contributed by atoms with Crippen molar-refractivity contribution in [1.82, 2.24) is 0 Å². The minimum atomic E-state index is -0.904. The zero-order valence-electron chi connectivity index (χ0n) is 10.5. The third kappa shape index (κ3) is 2.21. The van der Waals surface area contributed by atoms with Crippen LogP contribution in [0.2, 0.25) is 0 Å². The number of aliphatic hydroxyl groups is 1. The molecule has 0 aliphatic rings. The van der Waals surface area contributed by atoms with Gasteiger partial charge >= 0.3 is 0 Å². The highest BCUT2D eigenvalue weighted by atomic mass is 19.1. The van der Waals surface area contributed by atoms with Crippen LogP contribution in [0, 0.1) is 19.7 Å². The molecule has 4 nitrogen and oxygen atoms in total. The van der Waals surface area contributed by atoms with Gasteiger partial charge in [0.25, 0.3) is 0 Å². The molecular formula is C12H18FNO3. The van der Waals surface area contributed by atoms with Crippen LogP contribution in [0.3, 0.4) is 0 Å². The Balaban J connectivity index is 3.60. The molecule has 5 heteroatoms. The van der Waals surface area contributed by atoms with Gasteiger partial charge in [-0.05, 0) is 13.8 Å². The summed E-state index contributed by atoms with van der Waals surface area (Å²) in [5.74, 6) is -0.0422. The van der Waals surface area contributed by atoms with Crippen LogP contribution in [-0.2, 0) is 0 Å². The molecule has 1 aromatic carbocycles. The van der Waals surface area contributed by atoms with Crippen LogP contribution < -0.4 is 15.2 Å². The molecule has 0 bridgehead atoms. The Morgan fingerprint density at radius 3 is 2.12 bits per heavy atom. The average Bonchev–Trinajstić information content (AvgIpc) is 2.33. The molecule has 0 aliphatic carbocycles. The van der Waals surface area contributed by atoms with Crippen molar-refractivity contribution in [2.24, 2.45) is 5.73 Å². The zero-order valence-corrected chi connectivity index (χ0v) is 10.5. The second kappa shape index (κ2) is 5.33. The monoisotopic (exact) mass is 243 g/mol. The summed E-state index contributed by atoms with van der Waals surface area (Å²) in [5, 5.41) is 9.87. The molecule has 0 amide bonds. The number of methoxy groups -OCH3 is 2. The van der Waals surface area contributed by atoms with E-state index in [1.165, 1.54) is 14.2 Å². The number of hydrogen-bond acceptors (Lipinski definition) is 4. The summed E-state index contributed by atoms with van der Waals surface area (Å²) in [4.78, 5) is 0. The lowest BCUT2D eigenvalue weighted by atomic mass is 9.97. The van der Waals surface area contributed by atoms with Crippen molar-refractivity contribution >= 4 is 0 Å². The number of halogens is 1. The first kappa shape index (κ1) is 13.7. The van der Waals surface area contributed by atoms with Crippen LogP contribution in [0.15, 0.2) is 0 Å². The summed E-state index contributed by atoms with van der Waals surface area (Å²) in [5.41, 5.74) is 6.72. The van der Waals surface area contributed by atoms with E-state index in [4.69, 9.17) is 15.2 Å². The number of hydrogen-bond donors (Lipinski definition) is 2. The predicted octanol–water partition coefficient (Wildman–Crippen LogP) is 1.45. The summed E-state index contributed by atoms with van der Waals surface area (Å²) < 4.78 is 24.1. The van der Waals surface area contributed by atoms with E-state index in [1.54, 1.807) is 13.8 Å². The fourth-order valence-corrected chi connectivity index (χ4v) is 1.95. The fraction of sp³-hybridized carbons (Fsp3) is 0.500. The van der Waals surface area contributed by atoms with Crippen LogP contribution in [0.4, 0.5) is 4.39 Å². The normalized spacial score (nSPS) is 12.4. The number of ether oxygens (including phenoxy) is 2. The summed E-state index contributed by atoms with van der Waals surface area (Å²) >= 11 is 0. The molecule has 17 heavy (non-hydrogen) atoms. The molecule has 96 valence electrons. The van der Waals surface area contributed by atoms with E-state index in [1.807, 2.05) is 0 Å². The molecule has 0 fully saturated rings. The van der Waals surface area contributed by atoms with Crippen molar-refractivity contribution in [1.29, 1.82) is 0 Å². The average molecular weight is 243 g/mol. The van der Waals surface area contributed by atoms with E-state index < -0.39 is 11.9 Å². The molecule has 0 heterocycles. The maximum absolute atomic E-state index is 13.9. The summed E-state index contributed by atoms with van der Waals surface area (Å²) in [7, 11) is 2.82. The predicted molar refractivity (Wildman–Crippen MR) is 63.0 cm³/mol. The Hall–Kier alpha value is -1.33. The van der Waals surface area contributed by atoms with Gasteiger partial charge in [0.15, 0.2) is 11.6 Å². The topological polar surface area (TPSA) is 64.7 Å². The standard InChI is InChI=1S/C12H18FNO3/c1-6-9(8(15)5-14)11(16-3)7(2)10(13)12(6)17-4/h8,15H,5,14H2,1-4H3. The van der Waals surface area contributed by atoms with Crippen molar-refractivity contribution in [2.75, 3.05) is 20.8 Å². The van der Waals surface area contributed by atoms with E-state index in [0.717, 1.165) is 0 Å². The van der Waals surface area contributed by atoms with Gasteiger partial charge in [-0.3, -0.25) is 0 Å². The summed E-state index contributed by atoms with van der Waals surface area (Å²) in [6, 6.07) is 0. The Kier molecular flexibility index (Phi) is 4.31. The number of nitrogens with two attached hydrogens (primary N) is 1. The molecule has 0 spiro atoms. The van der Waals surface area contributed by atoms with Crippen molar-refractivity contribution < 1.29 is 19.0 Å². The summed E-state index contributed by atoms with van der Waals surface area (Å²) in [6.07, 6.45) is -0.904. The van der Waals surface area contributed by atoms with Crippen LogP contribution >= 0.6 is 0 Å². The molecule has 1 unspecified atom stereocenters. The zero-order chi connectivity index (χ0) is 13.2. The number of benzene rings is 1. The molecule has 0 saturated carbocycles. The first-order chi connectivity index (χ1) is 7.99. The van der Waals surface area contributed by atoms with E-state index in [2.05, 4.69) is 0 Å². The molecule has 3 N–H and O–H groups in total. The highest BCUT2D eigenvalue weighted by Crippen LogP contribution is 2.39. The van der Waals surface area contributed by atoms with Crippen molar-refractivity contribution in [2.45, 2.75) is 20.0 Å². The van der Waals surface area contributed by atoms with Crippen molar-refractivity contribution in [3.63, 3.8) is 0 Å². The summed E-state index contributed by atoms with van der Waals surface area (Å²) in [6.45, 7) is 3.27. The van der Waals surface area contributed by atoms with E-state index >= 15 is 0 Å². The molecule has 0 saturated heterocycles. The van der Waals surface area contributed by atoms with Crippen LogP contribution in [-0.4, -0.2) is 25.9 Å². The lowest BCUT2D eigenvalue weighted by molar-refractivity contribution is 0.180. The Morgan fingerprint density at radius 2 is 1.71 bits per heavy atom. The van der Waals surface area contributed by atoms with Gasteiger partial charge in [-0.1, -0.05) is 0 Å². The minimum Gasteiger partial charge on any atom is -0.496 e. The molecular weight excluding hydrogens is 225 g/mol. The highest BCUT2D eigenvalue weighted by molar-refractivity contribution is 5.55. The van der Waals surface area contributed by atoms with Gasteiger partial charge < -0.3 is 20.3 Å². The molecule has 1 atom stereocenters. The smallest absolute Gasteiger partial charge is 0.171 e. The van der Waals surface area contributed by atoms with Gasteiger partial charge in [0, 0.05) is 23.2 Å². The minimum absolute atomic E-state index is 0.0332. The second-order valence-corrected chi connectivity index (χ2v) is 3.80. The van der Waals surface area contributed by atoms with Crippen molar-refractivity contribution in [3.8, 4) is 11.5 Å². The van der Waals surface area contributed by atoms with Gasteiger partial charge in [0.2, 0.25) is 0 Å². The van der Waals surface area contributed by atoms with Crippen LogP contribution in [0.1, 0.15) is 22.8 Å². The highest BCUT2D eigenvalue weighted by Gasteiger charge is 2.24. The van der Waals surface area contributed by atoms with Gasteiger partial charge in [-0.25, -0.2) is 4.39 Å². The lowest BCUT2D eigenvalue weighted by Crippen LogP contribution is -2.16. The van der Waals surface area contributed by atoms with Crippen molar-refractivity contribution in [3.05, 3.63) is 22.5 Å². The number of rotatable bonds is 4. The quantitative estimate of drug-likeness (QED) is 0.840. The molecule has 0 aliphatic heterocycles. The molecule has 1 rings (SSSR count). The van der Waals surface area contributed by atoms with Gasteiger partial charge in [0.05, 0.1) is 20.3 Å². The number of aliphatic hydroxyl groups excluding tert-OH is 1. The van der Waals surface area contributed by atoms with Crippen LogP contribution in [0.5, 0.6) is 11.5 Å². The molecule has 0 radical (unpaired) electrons. The third-order valence-electron chi connectivity index (χ3n) is 2.82. The van der Waals surface area contributed by atoms with E-state index in [-0.39, 0.29) is 12.3 Å². The largest absolute Gasteiger partial charge is 0.496 e. The van der Waals surface area contributed by atoms with Gasteiger partial charge in [-0.2, -0.15) is 0 Å². The van der Waals surface area contributed by atoms with E-state index in [0.29, 0.717) is 22.4 Å². The van der Waals surface area contributed by atoms with Gasteiger partial charge in [0.1, 0.15) is 5.75 Å². The maximum Gasteiger partial charge on any atom is 0.171 e. The Morgan fingerprint density at radius 1 is 1.18 bits per heavy atom. The third-order valence-corrected chi connectivity index (χ3v) is 2.82. The lowest BCUT2D eigenvalue weighted by Gasteiger charge is -2.21. The van der Waals surface area contributed by atoms with E-state index in [9.17, 15) is 9.50 Å². The SMILES string of the molecule is COc1c(C)c(C(O)CN)c(OC)c(C)c1F. The first-order valence-corrected chi connectivity index (χ1v) is 5.28. The molecule has 0 aromatic heterocycles. The Bertz CT molecular complexity index is 421. The second-order valence-electron chi connectivity index (χ2n) is 3.80. The maximum atomic E-state index is 13.9. The van der Waals surface area contributed by atoms with Crippen LogP contribution in [0.25, 0.3) is 0 Å². The Labute approximate surface area is 100 Å². The fourth-order valence-electron chi connectivity index (χ4n) is 1.95. The van der Waals surface area contributed by atoms with Gasteiger partial charge in [-0.15, -0.1) is 0 Å². The first-order valence-electron chi connectivity index (χ1n) is 5.28. The molecule has 1 aromatic rings.